The van der Waals surface area contributed by atoms with Crippen molar-refractivity contribution >= 4 is 21.7 Å². The van der Waals surface area contributed by atoms with Gasteiger partial charge in [-0.05, 0) is 22.4 Å². The van der Waals surface area contributed by atoms with Crippen molar-refractivity contribution in [1.29, 1.82) is 0 Å². The van der Waals surface area contributed by atoms with Gasteiger partial charge in [0.25, 0.3) is 0 Å². The molecule has 16 heavy (non-hydrogen) atoms. The number of aromatic nitrogens is 2. The van der Waals surface area contributed by atoms with Gasteiger partial charge in [0.1, 0.15) is 11.6 Å². The van der Waals surface area contributed by atoms with E-state index in [0.717, 1.165) is 28.2 Å². The SMILES string of the molecule is CCC(C)c1nc(COC)c(Br)c(NC)n1. The van der Waals surface area contributed by atoms with Crippen molar-refractivity contribution in [3.05, 3.63) is 16.0 Å². The highest BCUT2D eigenvalue weighted by molar-refractivity contribution is 9.10. The Morgan fingerprint density at radius 3 is 2.62 bits per heavy atom. The number of rotatable bonds is 5. The summed E-state index contributed by atoms with van der Waals surface area (Å²) < 4.78 is 6.01. The summed E-state index contributed by atoms with van der Waals surface area (Å²) in [6.07, 6.45) is 1.03. The molecule has 0 saturated heterocycles. The Kier molecular flexibility index (Phi) is 5.15. The summed E-state index contributed by atoms with van der Waals surface area (Å²) in [6.45, 7) is 4.74. The molecule has 1 N–H and O–H groups in total. The highest BCUT2D eigenvalue weighted by atomic mass is 79.9. The average Bonchev–Trinajstić information content (AvgIpc) is 2.31. The predicted octanol–water partition coefficient (Wildman–Crippen LogP) is 2.94. The summed E-state index contributed by atoms with van der Waals surface area (Å²) in [5.74, 6) is 2.04. The molecule has 5 heteroatoms. The molecule has 0 aliphatic rings. The lowest BCUT2D eigenvalue weighted by atomic mass is 10.1. The highest BCUT2D eigenvalue weighted by Gasteiger charge is 2.14. The zero-order valence-electron chi connectivity index (χ0n) is 10.2. The molecule has 1 aromatic heterocycles. The number of hydrogen-bond donors (Lipinski definition) is 1. The lowest BCUT2D eigenvalue weighted by Crippen LogP contribution is -2.08. The van der Waals surface area contributed by atoms with Gasteiger partial charge in [-0.1, -0.05) is 13.8 Å². The van der Waals surface area contributed by atoms with E-state index in [1.165, 1.54) is 0 Å². The molecule has 0 amide bonds. The molecule has 0 fully saturated rings. The number of anilines is 1. The van der Waals surface area contributed by atoms with Gasteiger partial charge in [0.05, 0.1) is 16.8 Å². The fourth-order valence-electron chi connectivity index (χ4n) is 1.31. The molecule has 0 aliphatic carbocycles. The van der Waals surface area contributed by atoms with Crippen LogP contribution in [0.1, 0.15) is 37.7 Å². The van der Waals surface area contributed by atoms with Crippen LogP contribution in [-0.4, -0.2) is 24.1 Å². The summed E-state index contributed by atoms with van der Waals surface area (Å²) in [5, 5.41) is 3.06. The molecule has 0 bridgehead atoms. The fraction of sp³-hybridized carbons (Fsp3) is 0.636. The molecular formula is C11H18BrN3O. The number of nitrogens with zero attached hydrogens (tertiary/aromatic N) is 2. The Bertz CT molecular complexity index is 357. The first kappa shape index (κ1) is 13.4. The fourth-order valence-corrected chi connectivity index (χ4v) is 1.80. The number of methoxy groups -OCH3 is 1. The second-order valence-corrected chi connectivity index (χ2v) is 4.48. The minimum absolute atomic E-state index is 0.357. The van der Waals surface area contributed by atoms with E-state index >= 15 is 0 Å². The number of hydrogen-bond acceptors (Lipinski definition) is 4. The first-order valence-electron chi connectivity index (χ1n) is 5.37. The lowest BCUT2D eigenvalue weighted by Gasteiger charge is -2.13. The molecule has 0 aliphatic heterocycles. The normalized spacial score (nSPS) is 12.6. The Morgan fingerprint density at radius 1 is 1.44 bits per heavy atom. The van der Waals surface area contributed by atoms with Crippen LogP contribution < -0.4 is 5.32 Å². The maximum atomic E-state index is 5.13. The van der Waals surface area contributed by atoms with E-state index in [2.05, 4.69) is 45.1 Å². The maximum absolute atomic E-state index is 5.13. The van der Waals surface area contributed by atoms with E-state index in [0.29, 0.717) is 12.5 Å². The molecular weight excluding hydrogens is 270 g/mol. The van der Waals surface area contributed by atoms with Crippen LogP contribution in [-0.2, 0) is 11.3 Å². The van der Waals surface area contributed by atoms with Crippen LogP contribution in [0.15, 0.2) is 4.47 Å². The van der Waals surface area contributed by atoms with Gasteiger partial charge in [0, 0.05) is 20.1 Å². The lowest BCUT2D eigenvalue weighted by molar-refractivity contribution is 0.180. The quantitative estimate of drug-likeness (QED) is 0.905. The summed E-state index contributed by atoms with van der Waals surface area (Å²) in [6, 6.07) is 0. The largest absolute Gasteiger partial charge is 0.378 e. The van der Waals surface area contributed by atoms with Crippen molar-refractivity contribution in [2.75, 3.05) is 19.5 Å². The van der Waals surface area contributed by atoms with Crippen LogP contribution in [0.3, 0.4) is 0 Å². The number of nitrogens with one attached hydrogen (secondary N) is 1. The Hall–Kier alpha value is -0.680. The van der Waals surface area contributed by atoms with Gasteiger partial charge in [-0.25, -0.2) is 9.97 Å². The molecule has 1 unspecified atom stereocenters. The molecule has 90 valence electrons. The molecule has 0 spiro atoms. The number of halogens is 1. The highest BCUT2D eigenvalue weighted by Crippen LogP contribution is 2.26. The van der Waals surface area contributed by atoms with Crippen molar-refractivity contribution in [3.63, 3.8) is 0 Å². The zero-order chi connectivity index (χ0) is 12.1. The molecule has 1 atom stereocenters. The van der Waals surface area contributed by atoms with E-state index in [1.54, 1.807) is 7.11 Å². The van der Waals surface area contributed by atoms with E-state index in [1.807, 2.05) is 7.05 Å². The van der Waals surface area contributed by atoms with E-state index in [4.69, 9.17) is 4.74 Å². The predicted molar refractivity (Wildman–Crippen MR) is 68.7 cm³/mol. The van der Waals surface area contributed by atoms with Crippen LogP contribution in [0.25, 0.3) is 0 Å². The van der Waals surface area contributed by atoms with Crippen molar-refractivity contribution in [2.24, 2.45) is 0 Å². The van der Waals surface area contributed by atoms with Crippen molar-refractivity contribution in [3.8, 4) is 0 Å². The minimum Gasteiger partial charge on any atom is -0.378 e. The van der Waals surface area contributed by atoms with Gasteiger partial charge >= 0.3 is 0 Å². The maximum Gasteiger partial charge on any atom is 0.144 e. The second-order valence-electron chi connectivity index (χ2n) is 3.68. The van der Waals surface area contributed by atoms with Gasteiger partial charge in [-0.15, -0.1) is 0 Å². The van der Waals surface area contributed by atoms with Gasteiger partial charge in [0.2, 0.25) is 0 Å². The van der Waals surface area contributed by atoms with Crippen LogP contribution in [0.2, 0.25) is 0 Å². The zero-order valence-corrected chi connectivity index (χ0v) is 11.8. The Labute approximate surface area is 105 Å². The van der Waals surface area contributed by atoms with Crippen molar-refractivity contribution in [1.82, 2.24) is 9.97 Å². The van der Waals surface area contributed by atoms with Gasteiger partial charge < -0.3 is 10.1 Å². The minimum atomic E-state index is 0.357. The third kappa shape index (κ3) is 2.92. The summed E-state index contributed by atoms with van der Waals surface area (Å²) in [5.41, 5.74) is 0.886. The van der Waals surface area contributed by atoms with E-state index in [-0.39, 0.29) is 0 Å². The van der Waals surface area contributed by atoms with Crippen LogP contribution in [0.4, 0.5) is 5.82 Å². The number of ether oxygens (including phenoxy) is 1. The van der Waals surface area contributed by atoms with Crippen LogP contribution in [0.5, 0.6) is 0 Å². The van der Waals surface area contributed by atoms with Crippen molar-refractivity contribution < 1.29 is 4.74 Å². The first-order chi connectivity index (χ1) is 7.63. The van der Waals surface area contributed by atoms with E-state index < -0.39 is 0 Å². The van der Waals surface area contributed by atoms with Crippen molar-refractivity contribution in [2.45, 2.75) is 32.8 Å². The molecule has 1 aromatic rings. The van der Waals surface area contributed by atoms with E-state index in [9.17, 15) is 0 Å². The summed E-state index contributed by atoms with van der Waals surface area (Å²) in [4.78, 5) is 9.00. The standard InChI is InChI=1S/C11H18BrN3O/c1-5-7(2)10-14-8(6-16-4)9(12)11(13-3)15-10/h7H,5-6H2,1-4H3,(H,13,14,15). The molecule has 1 rings (SSSR count). The smallest absolute Gasteiger partial charge is 0.144 e. The third-order valence-corrected chi connectivity index (χ3v) is 3.34. The second kappa shape index (κ2) is 6.15. The van der Waals surface area contributed by atoms with Crippen LogP contribution in [0, 0.1) is 0 Å². The van der Waals surface area contributed by atoms with Gasteiger partial charge in [-0.2, -0.15) is 0 Å². The monoisotopic (exact) mass is 287 g/mol. The molecule has 0 radical (unpaired) electrons. The Balaban J connectivity index is 3.17. The topological polar surface area (TPSA) is 47.0 Å². The third-order valence-electron chi connectivity index (χ3n) is 2.51. The van der Waals surface area contributed by atoms with Crippen LogP contribution >= 0.6 is 15.9 Å². The summed E-state index contributed by atoms with van der Waals surface area (Å²) in [7, 11) is 3.51. The first-order valence-corrected chi connectivity index (χ1v) is 6.16. The molecule has 0 aromatic carbocycles. The molecule has 4 nitrogen and oxygen atoms in total. The molecule has 0 saturated carbocycles. The summed E-state index contributed by atoms with van der Waals surface area (Å²) >= 11 is 3.48. The Morgan fingerprint density at radius 2 is 2.12 bits per heavy atom. The van der Waals surface area contributed by atoms with Gasteiger partial charge in [-0.3, -0.25) is 0 Å². The van der Waals surface area contributed by atoms with Gasteiger partial charge in [0.15, 0.2) is 0 Å². The molecule has 1 heterocycles. The average molecular weight is 288 g/mol.